The molecule has 0 saturated carbocycles. The molecule has 1 atom stereocenters. The molecule has 0 unspecified atom stereocenters. The van der Waals surface area contributed by atoms with E-state index >= 15 is 0 Å². The van der Waals surface area contributed by atoms with Crippen molar-refractivity contribution in [2.24, 2.45) is 5.92 Å². The van der Waals surface area contributed by atoms with Crippen molar-refractivity contribution in [1.29, 1.82) is 0 Å². The second-order valence-electron chi connectivity index (χ2n) is 7.09. The zero-order valence-electron chi connectivity index (χ0n) is 14.8. The van der Waals surface area contributed by atoms with Gasteiger partial charge >= 0.3 is 0 Å². The number of hydrogen-bond donors (Lipinski definition) is 1. The summed E-state index contributed by atoms with van der Waals surface area (Å²) in [5.41, 5.74) is 3.00. The highest BCUT2D eigenvalue weighted by atomic mass is 16.5. The molecule has 1 N–H and O–H groups in total. The largest absolute Gasteiger partial charge is 0.492 e. The first kappa shape index (κ1) is 17.1. The molecular weight excluding hydrogens is 328 g/mol. The number of carbonyl (C=O) groups is 1. The van der Waals surface area contributed by atoms with Gasteiger partial charge in [-0.1, -0.05) is 24.3 Å². The van der Waals surface area contributed by atoms with Crippen LogP contribution in [-0.2, 0) is 17.9 Å². The van der Waals surface area contributed by atoms with Crippen molar-refractivity contribution in [2.45, 2.75) is 19.6 Å². The van der Waals surface area contributed by atoms with Crippen LogP contribution in [-0.4, -0.2) is 42.2 Å². The number of para-hydroxylation sites is 1. The van der Waals surface area contributed by atoms with Crippen molar-refractivity contribution in [2.75, 3.05) is 31.1 Å². The van der Waals surface area contributed by atoms with E-state index in [1.165, 1.54) is 0 Å². The maximum absolute atomic E-state index is 12.4. The lowest BCUT2D eigenvalue weighted by molar-refractivity contribution is -0.117. The van der Waals surface area contributed by atoms with Crippen LogP contribution in [0.15, 0.2) is 48.5 Å². The maximum Gasteiger partial charge on any atom is 0.227 e. The van der Waals surface area contributed by atoms with Gasteiger partial charge in [0.25, 0.3) is 0 Å². The third-order valence-corrected chi connectivity index (χ3v) is 5.16. The summed E-state index contributed by atoms with van der Waals surface area (Å²) in [6, 6.07) is 15.8. The fraction of sp³-hybridized carbons (Fsp3) is 0.381. The molecule has 0 bridgehead atoms. The first-order valence-electron chi connectivity index (χ1n) is 9.16. The van der Waals surface area contributed by atoms with Crippen molar-refractivity contribution in [1.82, 2.24) is 4.90 Å². The Morgan fingerprint density at radius 3 is 2.81 bits per heavy atom. The van der Waals surface area contributed by atoms with Crippen LogP contribution in [0.25, 0.3) is 0 Å². The predicted molar refractivity (Wildman–Crippen MR) is 100 cm³/mol. The van der Waals surface area contributed by atoms with Gasteiger partial charge in [-0.05, 0) is 35.7 Å². The average molecular weight is 352 g/mol. The Kier molecular flexibility index (Phi) is 4.91. The summed E-state index contributed by atoms with van der Waals surface area (Å²) in [6.07, 6.45) is 0.593. The zero-order valence-corrected chi connectivity index (χ0v) is 14.8. The molecule has 1 fully saturated rings. The Morgan fingerprint density at radius 1 is 1.15 bits per heavy atom. The van der Waals surface area contributed by atoms with Gasteiger partial charge in [-0.2, -0.15) is 0 Å². The number of hydrogen-bond acceptors (Lipinski definition) is 4. The van der Waals surface area contributed by atoms with Crippen LogP contribution in [0.4, 0.5) is 5.69 Å². The Hall–Kier alpha value is -2.37. The highest BCUT2D eigenvalue weighted by molar-refractivity contribution is 5.95. The van der Waals surface area contributed by atoms with Gasteiger partial charge in [0.05, 0.1) is 6.61 Å². The second kappa shape index (κ2) is 7.48. The first-order chi connectivity index (χ1) is 12.7. The molecule has 26 heavy (non-hydrogen) atoms. The summed E-state index contributed by atoms with van der Waals surface area (Å²) in [5.74, 6) is 1.43. The number of anilines is 1. The standard InChI is InChI=1S/C21H24N2O3/c24-15-16-6-7-20-18(10-16)14-22(8-9-26-20)12-17-11-21(25)23(13-17)19-4-2-1-3-5-19/h1-7,10,17,24H,8-9,11-15H2/t17-/m1/s1. The molecule has 2 heterocycles. The summed E-state index contributed by atoms with van der Waals surface area (Å²) in [6.45, 7) is 3.97. The fourth-order valence-electron chi connectivity index (χ4n) is 3.88. The molecule has 2 aromatic carbocycles. The smallest absolute Gasteiger partial charge is 0.227 e. The van der Waals surface area contributed by atoms with Gasteiger partial charge in [-0.15, -0.1) is 0 Å². The highest BCUT2D eigenvalue weighted by Gasteiger charge is 2.32. The number of fused-ring (bicyclic) bond motifs is 1. The van der Waals surface area contributed by atoms with E-state index < -0.39 is 0 Å². The van der Waals surface area contributed by atoms with Crippen molar-refractivity contribution < 1.29 is 14.6 Å². The minimum atomic E-state index is 0.0381. The van der Waals surface area contributed by atoms with Gasteiger partial charge in [0, 0.05) is 43.9 Å². The molecule has 5 nitrogen and oxygen atoms in total. The van der Waals surface area contributed by atoms with E-state index in [9.17, 15) is 9.90 Å². The summed E-state index contributed by atoms with van der Waals surface area (Å²) >= 11 is 0. The highest BCUT2D eigenvalue weighted by Crippen LogP contribution is 2.28. The molecule has 5 heteroatoms. The van der Waals surface area contributed by atoms with Gasteiger partial charge in [-0.3, -0.25) is 9.69 Å². The Balaban J connectivity index is 1.43. The Bertz CT molecular complexity index is 778. The van der Waals surface area contributed by atoms with E-state index in [4.69, 9.17) is 4.74 Å². The van der Waals surface area contributed by atoms with Gasteiger partial charge in [0.2, 0.25) is 5.91 Å². The molecule has 1 amide bonds. The first-order valence-corrected chi connectivity index (χ1v) is 9.16. The number of aliphatic hydroxyl groups is 1. The summed E-state index contributed by atoms with van der Waals surface area (Å²) < 4.78 is 5.85. The number of amides is 1. The van der Waals surface area contributed by atoms with E-state index in [-0.39, 0.29) is 12.5 Å². The molecule has 136 valence electrons. The van der Waals surface area contributed by atoms with Gasteiger partial charge in [0.1, 0.15) is 12.4 Å². The Labute approximate surface area is 153 Å². The average Bonchev–Trinajstić information content (AvgIpc) is 2.91. The molecule has 1 saturated heterocycles. The third-order valence-electron chi connectivity index (χ3n) is 5.16. The number of nitrogens with zero attached hydrogens (tertiary/aromatic N) is 2. The van der Waals surface area contributed by atoms with Crippen LogP contribution in [0.2, 0.25) is 0 Å². The molecule has 2 aromatic rings. The van der Waals surface area contributed by atoms with Gasteiger partial charge in [-0.25, -0.2) is 0 Å². The lowest BCUT2D eigenvalue weighted by atomic mass is 10.1. The van der Waals surface area contributed by atoms with E-state index in [1.54, 1.807) is 0 Å². The molecular formula is C21H24N2O3. The van der Waals surface area contributed by atoms with E-state index in [0.717, 1.165) is 48.7 Å². The van der Waals surface area contributed by atoms with Gasteiger partial charge in [0.15, 0.2) is 0 Å². The lowest BCUT2D eigenvalue weighted by Crippen LogP contribution is -2.32. The van der Waals surface area contributed by atoms with Crippen molar-refractivity contribution >= 4 is 11.6 Å². The molecule has 2 aliphatic rings. The molecule has 0 radical (unpaired) electrons. The van der Waals surface area contributed by atoms with Crippen LogP contribution >= 0.6 is 0 Å². The van der Waals surface area contributed by atoms with Crippen LogP contribution in [0.1, 0.15) is 17.5 Å². The quantitative estimate of drug-likeness (QED) is 0.918. The molecule has 4 rings (SSSR count). The molecule has 0 aromatic heterocycles. The molecule has 2 aliphatic heterocycles. The summed E-state index contributed by atoms with van der Waals surface area (Å²) in [7, 11) is 0. The van der Waals surface area contributed by atoms with E-state index in [2.05, 4.69) is 4.90 Å². The van der Waals surface area contributed by atoms with Crippen molar-refractivity contribution in [3.8, 4) is 5.75 Å². The maximum atomic E-state index is 12.4. The number of rotatable bonds is 4. The van der Waals surface area contributed by atoms with Crippen LogP contribution in [0, 0.1) is 5.92 Å². The fourth-order valence-corrected chi connectivity index (χ4v) is 3.88. The second-order valence-corrected chi connectivity index (χ2v) is 7.09. The zero-order chi connectivity index (χ0) is 17.9. The molecule has 0 spiro atoms. The van der Waals surface area contributed by atoms with E-state index in [0.29, 0.717) is 18.9 Å². The van der Waals surface area contributed by atoms with Crippen molar-refractivity contribution in [3.05, 3.63) is 59.7 Å². The van der Waals surface area contributed by atoms with E-state index in [1.807, 2.05) is 53.4 Å². The number of aliphatic hydroxyl groups excluding tert-OH is 1. The minimum absolute atomic E-state index is 0.0381. The SMILES string of the molecule is O=C1C[C@H](CN2CCOc3ccc(CO)cc3C2)CN1c1ccccc1. The van der Waals surface area contributed by atoms with Crippen LogP contribution in [0.3, 0.4) is 0 Å². The predicted octanol–water partition coefficient (Wildman–Crippen LogP) is 2.43. The monoisotopic (exact) mass is 352 g/mol. The summed E-state index contributed by atoms with van der Waals surface area (Å²) in [5, 5.41) is 9.37. The van der Waals surface area contributed by atoms with Crippen molar-refractivity contribution in [3.63, 3.8) is 0 Å². The van der Waals surface area contributed by atoms with Gasteiger partial charge < -0.3 is 14.7 Å². The normalized spacial score (nSPS) is 20.6. The minimum Gasteiger partial charge on any atom is -0.492 e. The lowest BCUT2D eigenvalue weighted by Gasteiger charge is -2.23. The van der Waals surface area contributed by atoms with Crippen LogP contribution in [0.5, 0.6) is 5.75 Å². The van der Waals surface area contributed by atoms with Crippen LogP contribution < -0.4 is 9.64 Å². The number of ether oxygens (including phenoxy) is 1. The topological polar surface area (TPSA) is 53.0 Å². The Morgan fingerprint density at radius 2 is 2.00 bits per heavy atom. The molecule has 0 aliphatic carbocycles. The number of carbonyl (C=O) groups excluding carboxylic acids is 1. The third kappa shape index (κ3) is 3.59. The number of benzene rings is 2. The summed E-state index contributed by atoms with van der Waals surface area (Å²) in [4.78, 5) is 16.7.